The quantitative estimate of drug-likeness (QED) is 0.703. The van der Waals surface area contributed by atoms with Crippen molar-refractivity contribution >= 4 is 21.7 Å². The Balaban J connectivity index is 2.75. The molecule has 0 aliphatic carbocycles. The van der Waals surface area contributed by atoms with Gasteiger partial charge in [0.2, 0.25) is 10.0 Å². The number of carbonyl (C=O) groups is 1. The zero-order valence-corrected chi connectivity index (χ0v) is 12.1. The average molecular weight is 302 g/mol. The molecule has 1 unspecified atom stereocenters. The van der Waals surface area contributed by atoms with E-state index in [1.807, 2.05) is 0 Å². The summed E-state index contributed by atoms with van der Waals surface area (Å²) >= 11 is 0. The van der Waals surface area contributed by atoms with Crippen LogP contribution < -0.4 is 15.2 Å². The third kappa shape index (κ3) is 4.39. The molecule has 0 saturated heterocycles. The number of sulfonamides is 1. The molecule has 1 aromatic rings. The molecule has 0 aliphatic rings. The first kappa shape index (κ1) is 16.3. The van der Waals surface area contributed by atoms with Gasteiger partial charge in [-0.3, -0.25) is 9.52 Å². The van der Waals surface area contributed by atoms with E-state index in [2.05, 4.69) is 9.46 Å². The zero-order valence-electron chi connectivity index (χ0n) is 11.3. The van der Waals surface area contributed by atoms with Gasteiger partial charge in [-0.15, -0.1) is 0 Å². The lowest BCUT2D eigenvalue weighted by atomic mass is 10.3. The molecular formula is C12H18N2O5S. The van der Waals surface area contributed by atoms with Gasteiger partial charge in [0.1, 0.15) is 12.4 Å². The van der Waals surface area contributed by atoms with Crippen LogP contribution in [0.3, 0.4) is 0 Å². The maximum Gasteiger partial charge on any atom is 0.325 e. The summed E-state index contributed by atoms with van der Waals surface area (Å²) in [5.41, 5.74) is 5.64. The summed E-state index contributed by atoms with van der Waals surface area (Å²) < 4.78 is 35.8. The van der Waals surface area contributed by atoms with Gasteiger partial charge in [0.15, 0.2) is 5.25 Å². The van der Waals surface area contributed by atoms with Crippen molar-refractivity contribution in [3.8, 4) is 5.75 Å². The lowest BCUT2D eigenvalue weighted by Crippen LogP contribution is -2.33. The van der Waals surface area contributed by atoms with Gasteiger partial charge in [0.05, 0.1) is 7.11 Å². The SMILES string of the molecule is COC(=O)C(C)S(=O)(=O)Nc1ccc(OCCN)cc1. The van der Waals surface area contributed by atoms with Crippen molar-refractivity contribution in [1.82, 2.24) is 0 Å². The minimum Gasteiger partial charge on any atom is -0.492 e. The van der Waals surface area contributed by atoms with E-state index in [1.54, 1.807) is 12.1 Å². The highest BCUT2D eigenvalue weighted by atomic mass is 32.2. The van der Waals surface area contributed by atoms with E-state index in [4.69, 9.17) is 10.5 Å². The summed E-state index contributed by atoms with van der Waals surface area (Å²) in [5.74, 6) is -0.236. The van der Waals surface area contributed by atoms with E-state index in [0.717, 1.165) is 7.11 Å². The number of methoxy groups -OCH3 is 1. The summed E-state index contributed by atoms with van der Waals surface area (Å²) in [4.78, 5) is 11.2. The molecule has 0 fully saturated rings. The maximum absolute atomic E-state index is 11.9. The number of rotatable bonds is 7. The van der Waals surface area contributed by atoms with Crippen LogP contribution in [-0.2, 0) is 19.6 Å². The minimum atomic E-state index is -3.84. The lowest BCUT2D eigenvalue weighted by molar-refractivity contribution is -0.139. The molecule has 0 bridgehead atoms. The second kappa shape index (κ2) is 7.11. The van der Waals surface area contributed by atoms with Crippen molar-refractivity contribution in [3.05, 3.63) is 24.3 Å². The first-order valence-corrected chi connectivity index (χ1v) is 7.47. The highest BCUT2D eigenvalue weighted by Crippen LogP contribution is 2.18. The monoisotopic (exact) mass is 302 g/mol. The van der Waals surface area contributed by atoms with E-state index < -0.39 is 21.2 Å². The molecule has 1 aromatic carbocycles. The van der Waals surface area contributed by atoms with Crippen LogP contribution in [0.25, 0.3) is 0 Å². The van der Waals surface area contributed by atoms with Gasteiger partial charge in [0.25, 0.3) is 0 Å². The van der Waals surface area contributed by atoms with Crippen molar-refractivity contribution < 1.29 is 22.7 Å². The number of esters is 1. The van der Waals surface area contributed by atoms with Crippen molar-refractivity contribution in [3.63, 3.8) is 0 Å². The van der Waals surface area contributed by atoms with Crippen molar-refractivity contribution in [2.24, 2.45) is 5.73 Å². The van der Waals surface area contributed by atoms with Gasteiger partial charge in [0, 0.05) is 12.2 Å². The van der Waals surface area contributed by atoms with Gasteiger partial charge in [-0.05, 0) is 31.2 Å². The number of ether oxygens (including phenoxy) is 2. The van der Waals surface area contributed by atoms with Gasteiger partial charge in [-0.1, -0.05) is 0 Å². The smallest absolute Gasteiger partial charge is 0.325 e. The largest absolute Gasteiger partial charge is 0.492 e. The fourth-order valence-electron chi connectivity index (χ4n) is 1.34. The number of anilines is 1. The fraction of sp³-hybridized carbons (Fsp3) is 0.417. The molecule has 112 valence electrons. The highest BCUT2D eigenvalue weighted by molar-refractivity contribution is 7.94. The molecular weight excluding hydrogens is 284 g/mol. The van der Waals surface area contributed by atoms with Crippen LogP contribution in [0.15, 0.2) is 24.3 Å². The predicted octanol–water partition coefficient (Wildman–Crippen LogP) is 0.327. The standard InChI is InChI=1S/C12H18N2O5S/c1-9(12(15)18-2)20(16,17)14-10-3-5-11(6-4-10)19-8-7-13/h3-6,9,14H,7-8,13H2,1-2H3. The Hall–Kier alpha value is -1.80. The average Bonchev–Trinajstić information content (AvgIpc) is 2.44. The van der Waals surface area contributed by atoms with Crippen LogP contribution in [0.4, 0.5) is 5.69 Å². The molecule has 3 N–H and O–H groups in total. The predicted molar refractivity (Wildman–Crippen MR) is 75.0 cm³/mol. The fourth-order valence-corrected chi connectivity index (χ4v) is 2.33. The third-order valence-electron chi connectivity index (χ3n) is 2.50. The second-order valence-corrected chi connectivity index (χ2v) is 5.98. The molecule has 0 amide bonds. The minimum absolute atomic E-state index is 0.334. The van der Waals surface area contributed by atoms with Gasteiger partial charge >= 0.3 is 5.97 Å². The van der Waals surface area contributed by atoms with Crippen LogP contribution >= 0.6 is 0 Å². The van der Waals surface area contributed by atoms with E-state index in [-0.39, 0.29) is 0 Å². The number of nitrogens with one attached hydrogen (secondary N) is 1. The lowest BCUT2D eigenvalue weighted by Gasteiger charge is -2.13. The van der Waals surface area contributed by atoms with Crippen molar-refractivity contribution in [2.45, 2.75) is 12.2 Å². The second-order valence-electron chi connectivity index (χ2n) is 3.97. The van der Waals surface area contributed by atoms with E-state index in [0.29, 0.717) is 24.6 Å². The van der Waals surface area contributed by atoms with Crippen LogP contribution in [0.1, 0.15) is 6.92 Å². The summed E-state index contributed by atoms with van der Waals surface area (Å²) in [5, 5.41) is -1.29. The summed E-state index contributed by atoms with van der Waals surface area (Å²) in [6.07, 6.45) is 0. The summed E-state index contributed by atoms with van der Waals surface area (Å²) in [7, 11) is -2.70. The Morgan fingerprint density at radius 1 is 1.35 bits per heavy atom. The first-order chi connectivity index (χ1) is 9.40. The first-order valence-electron chi connectivity index (χ1n) is 5.93. The van der Waals surface area contributed by atoms with Gasteiger partial charge < -0.3 is 15.2 Å². The number of nitrogens with two attached hydrogens (primary N) is 1. The molecule has 7 nitrogen and oxygen atoms in total. The number of carbonyl (C=O) groups excluding carboxylic acids is 1. The molecule has 0 saturated carbocycles. The van der Waals surface area contributed by atoms with Gasteiger partial charge in [-0.25, -0.2) is 8.42 Å². The molecule has 1 atom stereocenters. The van der Waals surface area contributed by atoms with E-state index in [9.17, 15) is 13.2 Å². The molecule has 0 aliphatic heterocycles. The topological polar surface area (TPSA) is 108 Å². The van der Waals surface area contributed by atoms with Gasteiger partial charge in [-0.2, -0.15) is 0 Å². The molecule has 1 rings (SSSR count). The Morgan fingerprint density at radius 2 is 1.95 bits per heavy atom. The van der Waals surface area contributed by atoms with Crippen LogP contribution in [-0.4, -0.2) is 39.9 Å². The van der Waals surface area contributed by atoms with E-state index >= 15 is 0 Å². The van der Waals surface area contributed by atoms with Crippen molar-refractivity contribution in [2.75, 3.05) is 25.0 Å². The molecule has 0 spiro atoms. The van der Waals surface area contributed by atoms with Crippen LogP contribution in [0.2, 0.25) is 0 Å². The maximum atomic E-state index is 11.9. The highest BCUT2D eigenvalue weighted by Gasteiger charge is 2.28. The molecule has 0 aromatic heterocycles. The molecule has 0 radical (unpaired) electrons. The Labute approximate surface area is 118 Å². The normalized spacial score (nSPS) is 12.6. The van der Waals surface area contributed by atoms with Crippen LogP contribution in [0, 0.1) is 0 Å². The van der Waals surface area contributed by atoms with Crippen LogP contribution in [0.5, 0.6) is 5.75 Å². The molecule has 0 heterocycles. The van der Waals surface area contributed by atoms with Crippen molar-refractivity contribution in [1.29, 1.82) is 0 Å². The number of hydrogen-bond donors (Lipinski definition) is 2. The Morgan fingerprint density at radius 3 is 2.45 bits per heavy atom. The zero-order chi connectivity index (χ0) is 15.2. The molecule has 20 heavy (non-hydrogen) atoms. The summed E-state index contributed by atoms with van der Waals surface area (Å²) in [6, 6.07) is 6.29. The molecule has 8 heteroatoms. The number of benzene rings is 1. The Kier molecular flexibility index (Phi) is 5.78. The summed E-state index contributed by atoms with van der Waals surface area (Å²) in [6.45, 7) is 2.03. The number of hydrogen-bond acceptors (Lipinski definition) is 6. The third-order valence-corrected chi connectivity index (χ3v) is 4.14. The van der Waals surface area contributed by atoms with E-state index in [1.165, 1.54) is 19.1 Å². The Bertz CT molecular complexity index is 541.